The first-order valence-electron chi connectivity index (χ1n) is 9.03. The molecule has 0 aliphatic carbocycles. The van der Waals surface area contributed by atoms with Crippen molar-refractivity contribution < 1.29 is 14.1 Å². The maximum absolute atomic E-state index is 12.3. The molecule has 1 fully saturated rings. The van der Waals surface area contributed by atoms with Crippen molar-refractivity contribution in [1.82, 2.24) is 15.5 Å². The van der Waals surface area contributed by atoms with Gasteiger partial charge in [-0.3, -0.25) is 4.90 Å². The van der Waals surface area contributed by atoms with E-state index in [1.54, 1.807) is 19.1 Å². The summed E-state index contributed by atoms with van der Waals surface area (Å²) in [6.07, 6.45) is -0.815. The van der Waals surface area contributed by atoms with Crippen LogP contribution in [-0.2, 0) is 4.74 Å². The molecule has 0 bridgehead atoms. The van der Waals surface area contributed by atoms with Crippen LogP contribution >= 0.6 is 35.4 Å². The third kappa shape index (κ3) is 4.26. The second-order valence-electron chi connectivity index (χ2n) is 6.63. The third-order valence-electron chi connectivity index (χ3n) is 4.46. The monoisotopic (exact) mass is 462 g/mol. The zero-order valence-corrected chi connectivity index (χ0v) is 18.1. The minimum absolute atomic E-state index is 0.193. The molecule has 1 aliphatic rings. The van der Waals surface area contributed by atoms with Gasteiger partial charge < -0.3 is 14.6 Å². The summed E-state index contributed by atoms with van der Waals surface area (Å²) in [5.74, 6) is 0.618. The van der Waals surface area contributed by atoms with E-state index in [2.05, 4.69) is 15.5 Å². The number of benzene rings is 2. The van der Waals surface area contributed by atoms with Crippen LogP contribution in [0.1, 0.15) is 6.92 Å². The number of hydrogen-bond donors (Lipinski definition) is 1. The van der Waals surface area contributed by atoms with Gasteiger partial charge in [0, 0.05) is 5.56 Å². The van der Waals surface area contributed by atoms with Crippen molar-refractivity contribution in [3.63, 3.8) is 0 Å². The Bertz CT molecular complexity index is 1080. The molecular weight excluding hydrogens is 447 g/mol. The third-order valence-corrected chi connectivity index (χ3v) is 5.20. The molecule has 7 nitrogen and oxygen atoms in total. The summed E-state index contributed by atoms with van der Waals surface area (Å²) in [6.45, 7) is 2.55. The minimum atomic E-state index is -0.479. The number of anilines is 1. The molecule has 1 amide bonds. The van der Waals surface area contributed by atoms with Gasteiger partial charge in [0.15, 0.2) is 0 Å². The Morgan fingerprint density at radius 2 is 1.97 bits per heavy atom. The Morgan fingerprint density at radius 1 is 1.27 bits per heavy atom. The van der Waals surface area contributed by atoms with E-state index in [0.29, 0.717) is 35.2 Å². The van der Waals surface area contributed by atoms with Crippen molar-refractivity contribution in [2.24, 2.45) is 0 Å². The molecule has 1 aliphatic heterocycles. The molecule has 1 aromatic heterocycles. The van der Waals surface area contributed by atoms with E-state index >= 15 is 0 Å². The fourth-order valence-corrected chi connectivity index (χ4v) is 3.77. The zero-order chi connectivity index (χ0) is 21.3. The second kappa shape index (κ2) is 8.59. The predicted octanol–water partition coefficient (Wildman–Crippen LogP) is 4.97. The van der Waals surface area contributed by atoms with Gasteiger partial charge in [-0.15, -0.1) is 0 Å². The van der Waals surface area contributed by atoms with Crippen LogP contribution in [0.15, 0.2) is 47.0 Å². The van der Waals surface area contributed by atoms with Crippen molar-refractivity contribution >= 4 is 52.2 Å². The average Bonchev–Trinajstić information content (AvgIpc) is 3.33. The van der Waals surface area contributed by atoms with Crippen LogP contribution in [0.25, 0.3) is 22.8 Å². The summed E-state index contributed by atoms with van der Waals surface area (Å²) in [5.41, 5.74) is 1.73. The lowest BCUT2D eigenvalue weighted by atomic mass is 10.1. The van der Waals surface area contributed by atoms with Crippen LogP contribution in [0, 0.1) is 0 Å². The smallest absolute Gasteiger partial charge is 0.414 e. The number of halogens is 2. The molecule has 154 valence electrons. The number of ether oxygens (including phenoxy) is 1. The van der Waals surface area contributed by atoms with Gasteiger partial charge in [0.25, 0.3) is 5.89 Å². The summed E-state index contributed by atoms with van der Waals surface area (Å²) < 4.78 is 10.7. The molecule has 0 radical (unpaired) electrons. The topological polar surface area (TPSA) is 80.5 Å². The van der Waals surface area contributed by atoms with Crippen molar-refractivity contribution in [3.8, 4) is 22.8 Å². The summed E-state index contributed by atoms with van der Waals surface area (Å²) >= 11 is 17.9. The largest absolute Gasteiger partial charge is 0.442 e. The van der Waals surface area contributed by atoms with Gasteiger partial charge in [-0.2, -0.15) is 4.98 Å². The summed E-state index contributed by atoms with van der Waals surface area (Å²) in [7, 11) is 0. The molecule has 30 heavy (non-hydrogen) atoms. The molecule has 10 heteroatoms. The number of hydrogen-bond acceptors (Lipinski definition) is 6. The quantitative estimate of drug-likeness (QED) is 0.535. The molecule has 1 saturated heterocycles. The van der Waals surface area contributed by atoms with E-state index in [-0.39, 0.29) is 22.0 Å². The predicted molar refractivity (Wildman–Crippen MR) is 119 cm³/mol. The molecule has 1 unspecified atom stereocenters. The van der Waals surface area contributed by atoms with Gasteiger partial charge in [-0.25, -0.2) is 4.79 Å². The molecular formula is C20H16Cl2N4O3S. The van der Waals surface area contributed by atoms with Crippen LogP contribution in [-0.4, -0.2) is 40.4 Å². The maximum Gasteiger partial charge on any atom is 0.414 e. The average molecular weight is 463 g/mol. The number of cyclic esters (lactones) is 1. The number of carbonyl (C=O) groups is 1. The van der Waals surface area contributed by atoms with Crippen LogP contribution in [0.3, 0.4) is 0 Å². The number of carbonyl (C=O) groups excluding carboxylic acids is 1. The highest BCUT2D eigenvalue weighted by Gasteiger charge is 2.33. The molecule has 2 aromatic carbocycles. The fourth-order valence-electron chi connectivity index (χ4n) is 3.05. The van der Waals surface area contributed by atoms with E-state index in [9.17, 15) is 4.79 Å². The van der Waals surface area contributed by atoms with Crippen molar-refractivity contribution in [2.45, 2.75) is 13.0 Å². The molecule has 0 spiro atoms. The molecule has 3 aromatic rings. The number of rotatable bonds is 5. The van der Waals surface area contributed by atoms with Crippen LogP contribution < -0.4 is 10.2 Å². The molecule has 0 saturated carbocycles. The highest BCUT2D eigenvalue weighted by atomic mass is 35.5. The Hall–Kier alpha value is -2.68. The molecule has 2 heterocycles. The van der Waals surface area contributed by atoms with Gasteiger partial charge >= 0.3 is 6.09 Å². The number of nitrogens with zero attached hydrogens (tertiary/aromatic N) is 3. The number of nitrogens with one attached hydrogen (secondary N) is 1. The van der Waals surface area contributed by atoms with E-state index < -0.39 is 6.09 Å². The Kier molecular flexibility index (Phi) is 5.90. The van der Waals surface area contributed by atoms with Gasteiger partial charge in [0.2, 0.25) is 5.82 Å². The van der Waals surface area contributed by atoms with Gasteiger partial charge in [-0.1, -0.05) is 70.9 Å². The lowest BCUT2D eigenvalue weighted by Gasteiger charge is -2.15. The highest BCUT2D eigenvalue weighted by Crippen LogP contribution is 2.39. The van der Waals surface area contributed by atoms with E-state index in [0.717, 1.165) is 5.56 Å². The first-order valence-corrected chi connectivity index (χ1v) is 10.2. The minimum Gasteiger partial charge on any atom is -0.442 e. The number of thiocarbonyl (C=S) groups is 1. The Morgan fingerprint density at radius 3 is 2.63 bits per heavy atom. The number of aromatic nitrogens is 2. The normalized spacial score (nSPS) is 15.9. The molecule has 1 atom stereocenters. The second-order valence-corrected chi connectivity index (χ2v) is 8.05. The van der Waals surface area contributed by atoms with Crippen LogP contribution in [0.4, 0.5) is 10.5 Å². The standard InChI is InChI=1S/C20H16Cl2N4O3S/c1-11(30)23-9-14-10-26(20(27)28-14)13-7-15(21)17(16(22)8-13)19-24-18(25-29-19)12-5-3-2-4-6-12/h2-8,14H,9-10H2,1H3,(H,23,30). The van der Waals surface area contributed by atoms with Gasteiger partial charge in [0.1, 0.15) is 6.10 Å². The van der Waals surface area contributed by atoms with Crippen molar-refractivity contribution in [3.05, 3.63) is 52.5 Å². The first kappa shape index (κ1) is 20.6. The fraction of sp³-hybridized carbons (Fsp3) is 0.200. The lowest BCUT2D eigenvalue weighted by Crippen LogP contribution is -2.32. The van der Waals surface area contributed by atoms with E-state index in [1.807, 2.05) is 30.3 Å². The van der Waals surface area contributed by atoms with Gasteiger partial charge in [0.05, 0.1) is 39.4 Å². The Balaban J connectivity index is 1.58. The first-order chi connectivity index (χ1) is 14.4. The zero-order valence-electron chi connectivity index (χ0n) is 15.8. The van der Waals surface area contributed by atoms with E-state index in [1.165, 1.54) is 4.90 Å². The van der Waals surface area contributed by atoms with Crippen LogP contribution in [0.2, 0.25) is 10.0 Å². The van der Waals surface area contributed by atoms with Crippen molar-refractivity contribution in [1.29, 1.82) is 0 Å². The Labute approximate surface area is 187 Å². The number of amides is 1. The highest BCUT2D eigenvalue weighted by molar-refractivity contribution is 7.80. The van der Waals surface area contributed by atoms with Gasteiger partial charge in [-0.05, 0) is 19.1 Å². The van der Waals surface area contributed by atoms with E-state index in [4.69, 9.17) is 44.7 Å². The maximum atomic E-state index is 12.3. The lowest BCUT2D eigenvalue weighted by molar-refractivity contribution is 0.143. The molecule has 1 N–H and O–H groups in total. The SMILES string of the molecule is CC(=S)NCC1CN(c2cc(Cl)c(-c3nc(-c4ccccc4)no3)c(Cl)c2)C(=O)O1. The summed E-state index contributed by atoms with van der Waals surface area (Å²) in [5, 5.41) is 7.56. The van der Waals surface area contributed by atoms with Crippen molar-refractivity contribution in [2.75, 3.05) is 18.0 Å². The van der Waals surface area contributed by atoms with Crippen LogP contribution in [0.5, 0.6) is 0 Å². The summed E-state index contributed by atoms with van der Waals surface area (Å²) in [4.78, 5) is 18.8. The summed E-state index contributed by atoms with van der Waals surface area (Å²) in [6, 6.07) is 12.6. The molecule has 4 rings (SSSR count).